The molecular formula is C25H28Cl2N6O4. The van der Waals surface area contributed by atoms with Crippen LogP contribution in [0.25, 0.3) is 10.9 Å². The summed E-state index contributed by atoms with van der Waals surface area (Å²) >= 11 is 0. The van der Waals surface area contributed by atoms with E-state index in [4.69, 9.17) is 4.74 Å². The van der Waals surface area contributed by atoms with Crippen molar-refractivity contribution in [3.63, 3.8) is 0 Å². The number of amides is 1. The van der Waals surface area contributed by atoms with E-state index in [-0.39, 0.29) is 48.9 Å². The van der Waals surface area contributed by atoms with Crippen LogP contribution in [0.1, 0.15) is 17.7 Å². The van der Waals surface area contributed by atoms with Gasteiger partial charge >= 0.3 is 0 Å². The average molecular weight is 547 g/mol. The van der Waals surface area contributed by atoms with Gasteiger partial charge < -0.3 is 25.0 Å². The minimum atomic E-state index is -0.571. The van der Waals surface area contributed by atoms with E-state index < -0.39 is 6.10 Å². The Labute approximate surface area is 226 Å². The second-order valence-corrected chi connectivity index (χ2v) is 8.84. The quantitative estimate of drug-likeness (QED) is 0.425. The van der Waals surface area contributed by atoms with Gasteiger partial charge in [0.2, 0.25) is 0 Å². The van der Waals surface area contributed by atoms with Crippen LogP contribution in [-0.2, 0) is 17.9 Å². The minimum absolute atomic E-state index is 0. The van der Waals surface area contributed by atoms with Gasteiger partial charge in [-0.15, -0.1) is 24.8 Å². The number of hydrogen-bond donors (Lipinski definition) is 3. The highest BCUT2D eigenvalue weighted by molar-refractivity contribution is 5.94. The van der Waals surface area contributed by atoms with Crippen LogP contribution >= 0.6 is 24.8 Å². The van der Waals surface area contributed by atoms with E-state index in [2.05, 4.69) is 26.6 Å². The lowest BCUT2D eigenvalue weighted by Gasteiger charge is -2.36. The maximum atomic E-state index is 12.5. The summed E-state index contributed by atoms with van der Waals surface area (Å²) in [7, 11) is 0. The Morgan fingerprint density at radius 3 is 2.76 bits per heavy atom. The van der Waals surface area contributed by atoms with Gasteiger partial charge in [-0.2, -0.15) is 5.26 Å². The van der Waals surface area contributed by atoms with E-state index in [1.807, 2.05) is 12.1 Å². The van der Waals surface area contributed by atoms with Crippen molar-refractivity contribution in [2.75, 3.05) is 31.6 Å². The summed E-state index contributed by atoms with van der Waals surface area (Å²) in [6.45, 7) is 2.81. The Morgan fingerprint density at radius 2 is 1.97 bits per heavy atom. The number of halogens is 2. The van der Waals surface area contributed by atoms with Crippen molar-refractivity contribution in [1.82, 2.24) is 19.8 Å². The van der Waals surface area contributed by atoms with Crippen molar-refractivity contribution in [1.29, 1.82) is 5.26 Å². The van der Waals surface area contributed by atoms with Gasteiger partial charge in [0.15, 0.2) is 18.2 Å². The number of rotatable bonds is 6. The average Bonchev–Trinajstić information content (AvgIpc) is 2.87. The number of benzene rings is 1. The molecule has 2 aromatic heterocycles. The maximum absolute atomic E-state index is 12.5. The molecule has 2 atom stereocenters. The molecule has 10 nitrogen and oxygen atoms in total. The highest BCUT2D eigenvalue weighted by atomic mass is 35.5. The van der Waals surface area contributed by atoms with E-state index in [1.165, 1.54) is 0 Å². The molecule has 1 amide bonds. The number of anilines is 1. The number of nitriles is 1. The van der Waals surface area contributed by atoms with Crippen LogP contribution in [0.5, 0.6) is 5.75 Å². The molecule has 2 aliphatic heterocycles. The number of likely N-dealkylation sites (tertiary alicyclic amines) is 1. The predicted molar refractivity (Wildman–Crippen MR) is 143 cm³/mol. The number of nitrogens with zero attached hydrogens (tertiary/aromatic N) is 4. The molecule has 4 heterocycles. The SMILES string of the molecule is Cl.Cl.N#Cc1ccc2ccc(=O)n(CCN3CC[C@@H](NCc4ccc5c(n4)NC(=O)CO5)[C@@H](O)C3)c2c1. The monoisotopic (exact) mass is 546 g/mol. The molecule has 5 rings (SSSR count). The lowest BCUT2D eigenvalue weighted by atomic mass is 10.0. The standard InChI is InChI=1S/C25H26N6O4.2ClH/c26-12-16-1-2-17-3-6-24(34)31(20(17)11-16)10-9-30-8-7-19(21(32)14-30)27-13-18-4-5-22-25(28-18)29-23(33)15-35-22;;/h1-6,11,19,21,27,32H,7-10,13-15H2,(H,28,29,33);2*1H/t19-,21+;;/m1../s1. The molecule has 0 radical (unpaired) electrons. The van der Waals surface area contributed by atoms with Crippen LogP contribution in [0.3, 0.4) is 0 Å². The van der Waals surface area contributed by atoms with Gasteiger partial charge in [-0.25, -0.2) is 4.98 Å². The molecular weight excluding hydrogens is 519 g/mol. The molecule has 1 fully saturated rings. The summed E-state index contributed by atoms with van der Waals surface area (Å²) in [5.41, 5.74) is 1.90. The largest absolute Gasteiger partial charge is 0.480 e. The molecule has 1 aromatic carbocycles. The fourth-order valence-electron chi connectivity index (χ4n) is 4.61. The van der Waals surface area contributed by atoms with Gasteiger partial charge in [0.25, 0.3) is 11.5 Å². The molecule has 0 spiro atoms. The Balaban J connectivity index is 0.00000190. The van der Waals surface area contributed by atoms with Gasteiger partial charge in [0, 0.05) is 38.3 Å². The van der Waals surface area contributed by atoms with E-state index >= 15 is 0 Å². The topological polar surface area (TPSA) is 133 Å². The minimum Gasteiger partial charge on any atom is -0.480 e. The predicted octanol–water partition coefficient (Wildman–Crippen LogP) is 1.67. The lowest BCUT2D eigenvalue weighted by Crippen LogP contribution is -2.53. The first kappa shape index (κ1) is 28.4. The smallest absolute Gasteiger partial charge is 0.263 e. The molecule has 3 N–H and O–H groups in total. The van der Waals surface area contributed by atoms with Gasteiger partial charge in [0.05, 0.1) is 28.9 Å². The second-order valence-electron chi connectivity index (χ2n) is 8.84. The number of fused-ring (bicyclic) bond motifs is 2. The molecule has 0 unspecified atom stereocenters. The van der Waals surface area contributed by atoms with Crippen LogP contribution in [0, 0.1) is 11.3 Å². The number of aliphatic hydroxyl groups is 1. The van der Waals surface area contributed by atoms with Gasteiger partial charge in [0.1, 0.15) is 0 Å². The third-order valence-electron chi connectivity index (χ3n) is 6.51. The van der Waals surface area contributed by atoms with Crippen molar-refractivity contribution in [3.05, 3.63) is 64.1 Å². The molecule has 196 valence electrons. The van der Waals surface area contributed by atoms with Gasteiger partial charge in [-0.3, -0.25) is 14.5 Å². The van der Waals surface area contributed by atoms with Crippen molar-refractivity contribution >= 4 is 47.4 Å². The maximum Gasteiger partial charge on any atom is 0.263 e. The summed E-state index contributed by atoms with van der Waals surface area (Å²) in [6, 6.07) is 14.3. The van der Waals surface area contributed by atoms with E-state index in [9.17, 15) is 20.0 Å². The first-order valence-electron chi connectivity index (χ1n) is 11.6. The van der Waals surface area contributed by atoms with Crippen LogP contribution < -0.4 is 20.9 Å². The summed E-state index contributed by atoms with van der Waals surface area (Å²) < 4.78 is 7.03. The molecule has 37 heavy (non-hydrogen) atoms. The third kappa shape index (κ3) is 6.39. The normalized spacial score (nSPS) is 19.0. The number of pyridine rings is 2. The second kappa shape index (κ2) is 12.4. The van der Waals surface area contributed by atoms with Crippen LogP contribution in [0.4, 0.5) is 5.82 Å². The fraction of sp³-hybridized carbons (Fsp3) is 0.360. The Hall–Kier alpha value is -3.20. The molecule has 2 aliphatic rings. The zero-order valence-electron chi connectivity index (χ0n) is 19.9. The Morgan fingerprint density at radius 1 is 1.16 bits per heavy atom. The number of aliphatic hydroxyl groups excluding tert-OH is 1. The first-order valence-corrected chi connectivity index (χ1v) is 11.6. The van der Waals surface area contributed by atoms with E-state index in [0.29, 0.717) is 43.3 Å². The van der Waals surface area contributed by atoms with Crippen molar-refractivity contribution in [2.45, 2.75) is 31.7 Å². The van der Waals surface area contributed by atoms with Gasteiger partial charge in [-0.05, 0) is 48.7 Å². The van der Waals surface area contributed by atoms with E-state index in [1.54, 1.807) is 34.9 Å². The van der Waals surface area contributed by atoms with Gasteiger partial charge in [-0.1, -0.05) is 6.07 Å². The van der Waals surface area contributed by atoms with Crippen molar-refractivity contribution in [2.24, 2.45) is 0 Å². The van der Waals surface area contributed by atoms with Crippen LogP contribution in [-0.4, -0.2) is 63.9 Å². The Kier molecular flexibility index (Phi) is 9.48. The van der Waals surface area contributed by atoms with Crippen LogP contribution in [0.15, 0.2) is 47.3 Å². The molecule has 0 saturated carbocycles. The number of piperidine rings is 1. The number of ether oxygens (including phenoxy) is 1. The summed E-state index contributed by atoms with van der Waals surface area (Å²) in [5.74, 6) is 0.742. The number of β-amino-alcohol motifs (C(OH)–C–C–N with tert-alkyl or cyclic N) is 1. The highest BCUT2D eigenvalue weighted by Crippen LogP contribution is 2.25. The molecule has 3 aromatic rings. The Bertz CT molecular complexity index is 1380. The number of carbonyl (C=O) groups excluding carboxylic acids is 1. The summed E-state index contributed by atoms with van der Waals surface area (Å²) in [4.78, 5) is 30.6. The molecule has 0 bridgehead atoms. The fourth-order valence-corrected chi connectivity index (χ4v) is 4.61. The van der Waals surface area contributed by atoms with Crippen molar-refractivity contribution < 1.29 is 14.6 Å². The highest BCUT2D eigenvalue weighted by Gasteiger charge is 2.27. The molecule has 12 heteroatoms. The van der Waals surface area contributed by atoms with Crippen molar-refractivity contribution in [3.8, 4) is 11.8 Å². The van der Waals surface area contributed by atoms with E-state index in [0.717, 1.165) is 29.6 Å². The zero-order valence-corrected chi connectivity index (χ0v) is 21.6. The number of hydrogen-bond acceptors (Lipinski definition) is 8. The third-order valence-corrected chi connectivity index (χ3v) is 6.51. The zero-order chi connectivity index (χ0) is 24.4. The number of carbonyl (C=O) groups is 1. The molecule has 0 aliphatic carbocycles. The molecule has 1 saturated heterocycles. The number of nitrogens with one attached hydrogen (secondary N) is 2. The lowest BCUT2D eigenvalue weighted by molar-refractivity contribution is -0.118. The summed E-state index contributed by atoms with van der Waals surface area (Å²) in [6.07, 6.45) is 0.174. The first-order chi connectivity index (χ1) is 17.0. The van der Waals surface area contributed by atoms with Crippen LogP contribution in [0.2, 0.25) is 0 Å². The summed E-state index contributed by atoms with van der Waals surface area (Å²) in [5, 5.41) is 26.9. The number of aromatic nitrogens is 2.